The molecule has 0 aliphatic heterocycles. The van der Waals surface area contributed by atoms with Crippen molar-refractivity contribution in [3.8, 4) is 5.75 Å². The minimum atomic E-state index is -0.930. The van der Waals surface area contributed by atoms with Gasteiger partial charge in [0.05, 0.1) is 17.9 Å². The van der Waals surface area contributed by atoms with Crippen LogP contribution < -0.4 is 10.1 Å². The average molecular weight is 308 g/mol. The van der Waals surface area contributed by atoms with Crippen LogP contribution in [0.1, 0.15) is 25.2 Å². The summed E-state index contributed by atoms with van der Waals surface area (Å²) in [6.45, 7) is 4.72. The first-order valence-corrected chi connectivity index (χ1v) is 7.18. The van der Waals surface area contributed by atoms with Crippen molar-refractivity contribution in [1.29, 1.82) is 0 Å². The Morgan fingerprint density at radius 1 is 1.05 bits per heavy atom. The van der Waals surface area contributed by atoms with Crippen molar-refractivity contribution in [3.05, 3.63) is 41.2 Å². The summed E-state index contributed by atoms with van der Waals surface area (Å²) in [4.78, 5) is 4.38. The third-order valence-corrected chi connectivity index (χ3v) is 3.05. The van der Waals surface area contributed by atoms with E-state index in [1.165, 1.54) is 6.07 Å². The third-order valence-electron chi connectivity index (χ3n) is 3.05. The average Bonchev–Trinajstić information content (AvgIpc) is 2.54. The summed E-state index contributed by atoms with van der Waals surface area (Å²) in [5.74, 6) is -1.12. The van der Waals surface area contributed by atoms with Crippen molar-refractivity contribution in [2.75, 3.05) is 18.5 Å². The molecule has 0 spiro atoms. The molecule has 0 aliphatic carbocycles. The summed E-state index contributed by atoms with van der Waals surface area (Å²) in [6, 6.07) is 3.42. The predicted molar refractivity (Wildman–Crippen MR) is 78.9 cm³/mol. The van der Waals surface area contributed by atoms with Gasteiger partial charge in [0, 0.05) is 6.07 Å². The number of rotatable bonds is 7. The number of hydrogen-bond donors (Lipinski definition) is 1. The molecule has 0 saturated heterocycles. The van der Waals surface area contributed by atoms with E-state index in [4.69, 9.17) is 4.74 Å². The zero-order chi connectivity index (χ0) is 15.9. The van der Waals surface area contributed by atoms with E-state index < -0.39 is 11.6 Å². The number of benzene rings is 1. The van der Waals surface area contributed by atoms with E-state index in [2.05, 4.69) is 20.5 Å². The van der Waals surface area contributed by atoms with Crippen LogP contribution in [0.2, 0.25) is 0 Å². The van der Waals surface area contributed by atoms with Gasteiger partial charge in [-0.3, -0.25) is 0 Å². The van der Waals surface area contributed by atoms with Gasteiger partial charge in [0.25, 0.3) is 0 Å². The van der Waals surface area contributed by atoms with Crippen molar-refractivity contribution in [3.63, 3.8) is 0 Å². The molecule has 1 aromatic carbocycles. The molecule has 1 N–H and O–H groups in total. The topological polar surface area (TPSA) is 59.9 Å². The molecule has 0 amide bonds. The van der Waals surface area contributed by atoms with Crippen LogP contribution in [0.3, 0.4) is 0 Å². The van der Waals surface area contributed by atoms with E-state index in [0.29, 0.717) is 12.5 Å². The van der Waals surface area contributed by atoms with Gasteiger partial charge in [-0.25, -0.2) is 13.8 Å². The molecule has 0 aliphatic rings. The van der Waals surface area contributed by atoms with Gasteiger partial charge in [-0.1, -0.05) is 13.8 Å². The minimum Gasteiger partial charge on any atom is -0.492 e. The first-order chi connectivity index (χ1) is 10.6. The molecule has 118 valence electrons. The summed E-state index contributed by atoms with van der Waals surface area (Å²) in [6.07, 6.45) is 1.58. The molecule has 0 atom stereocenters. The summed E-state index contributed by atoms with van der Waals surface area (Å²) < 4.78 is 31.1. The number of hydrogen-bond acceptors (Lipinski definition) is 5. The zero-order valence-corrected chi connectivity index (χ0v) is 12.6. The monoisotopic (exact) mass is 308 g/mol. The van der Waals surface area contributed by atoms with Crippen molar-refractivity contribution < 1.29 is 13.5 Å². The second kappa shape index (κ2) is 7.63. The van der Waals surface area contributed by atoms with Crippen LogP contribution in [-0.4, -0.2) is 28.3 Å². The Morgan fingerprint density at radius 3 is 2.50 bits per heavy atom. The van der Waals surface area contributed by atoms with Gasteiger partial charge >= 0.3 is 0 Å². The predicted octanol–water partition coefficient (Wildman–Crippen LogP) is 2.77. The van der Waals surface area contributed by atoms with E-state index in [1.807, 2.05) is 13.8 Å². The summed E-state index contributed by atoms with van der Waals surface area (Å²) in [5, 5.41) is 11.1. The van der Waals surface area contributed by atoms with E-state index in [0.717, 1.165) is 36.4 Å². The highest BCUT2D eigenvalue weighted by molar-refractivity contribution is 5.26. The molecule has 0 radical (unpaired) electrons. The fraction of sp³-hybridized carbons (Fsp3) is 0.400. The van der Waals surface area contributed by atoms with Gasteiger partial charge < -0.3 is 10.1 Å². The van der Waals surface area contributed by atoms with Crippen molar-refractivity contribution >= 4 is 5.95 Å². The van der Waals surface area contributed by atoms with E-state index in [9.17, 15) is 8.78 Å². The van der Waals surface area contributed by atoms with Crippen LogP contribution in [0, 0.1) is 11.6 Å². The molecule has 1 aromatic heterocycles. The van der Waals surface area contributed by atoms with Crippen LogP contribution in [-0.2, 0) is 12.8 Å². The maximum atomic E-state index is 13.0. The molecule has 1 heterocycles. The fourth-order valence-corrected chi connectivity index (χ4v) is 1.91. The van der Waals surface area contributed by atoms with E-state index in [1.54, 1.807) is 0 Å². The van der Waals surface area contributed by atoms with Crippen LogP contribution in [0.25, 0.3) is 0 Å². The van der Waals surface area contributed by atoms with Crippen molar-refractivity contribution in [2.24, 2.45) is 0 Å². The first-order valence-electron chi connectivity index (χ1n) is 7.18. The Kier molecular flexibility index (Phi) is 5.57. The number of aromatic nitrogens is 3. The molecule has 0 unspecified atom stereocenters. The molecular formula is C15H18F2N4O. The lowest BCUT2D eigenvalue weighted by Gasteiger charge is -2.09. The lowest BCUT2D eigenvalue weighted by molar-refractivity contribution is 0.329. The Labute approximate surface area is 127 Å². The smallest absolute Gasteiger partial charge is 0.243 e. The number of nitrogens with one attached hydrogen (secondary N) is 1. The first kappa shape index (κ1) is 16.1. The fourth-order valence-electron chi connectivity index (χ4n) is 1.91. The molecule has 5 nitrogen and oxygen atoms in total. The highest BCUT2D eigenvalue weighted by atomic mass is 19.2. The summed E-state index contributed by atoms with van der Waals surface area (Å²) in [7, 11) is 0. The van der Waals surface area contributed by atoms with Gasteiger partial charge in [-0.15, -0.1) is 5.10 Å². The van der Waals surface area contributed by atoms with E-state index in [-0.39, 0.29) is 12.4 Å². The quantitative estimate of drug-likeness (QED) is 0.797. The van der Waals surface area contributed by atoms with Gasteiger partial charge in [0.2, 0.25) is 5.95 Å². The van der Waals surface area contributed by atoms with Gasteiger partial charge in [-0.2, -0.15) is 5.10 Å². The lowest BCUT2D eigenvalue weighted by Crippen LogP contribution is -2.15. The minimum absolute atomic E-state index is 0.269. The molecule has 7 heteroatoms. The van der Waals surface area contributed by atoms with Gasteiger partial charge in [0.1, 0.15) is 12.4 Å². The molecule has 2 aromatic rings. The molecule has 22 heavy (non-hydrogen) atoms. The second-order valence-corrected chi connectivity index (χ2v) is 4.59. The summed E-state index contributed by atoms with van der Waals surface area (Å²) in [5.41, 5.74) is 1.81. The van der Waals surface area contributed by atoms with Crippen molar-refractivity contribution in [1.82, 2.24) is 15.2 Å². The molecular weight excluding hydrogens is 290 g/mol. The van der Waals surface area contributed by atoms with E-state index >= 15 is 0 Å². The highest BCUT2D eigenvalue weighted by Gasteiger charge is 2.06. The number of aryl methyl sites for hydroxylation is 2. The Balaban J connectivity index is 1.84. The lowest BCUT2D eigenvalue weighted by atomic mass is 10.2. The van der Waals surface area contributed by atoms with Gasteiger partial charge in [-0.05, 0) is 25.0 Å². The highest BCUT2D eigenvalue weighted by Crippen LogP contribution is 2.15. The Bertz CT molecular complexity index is 637. The molecule has 2 rings (SSSR count). The number of anilines is 1. The van der Waals surface area contributed by atoms with Crippen molar-refractivity contribution in [2.45, 2.75) is 26.7 Å². The largest absolute Gasteiger partial charge is 0.492 e. The maximum absolute atomic E-state index is 13.0. The third kappa shape index (κ3) is 4.09. The molecule has 0 fully saturated rings. The van der Waals surface area contributed by atoms with Crippen LogP contribution in [0.4, 0.5) is 14.7 Å². The number of halogens is 2. The van der Waals surface area contributed by atoms with Gasteiger partial charge in [0.15, 0.2) is 11.6 Å². The Morgan fingerprint density at radius 2 is 1.82 bits per heavy atom. The summed E-state index contributed by atoms with van der Waals surface area (Å²) >= 11 is 0. The molecule has 0 saturated carbocycles. The van der Waals surface area contributed by atoms with Crippen LogP contribution >= 0.6 is 0 Å². The Hall–Kier alpha value is -2.31. The SMILES string of the molecule is CCc1nnc(NCCOc2ccc(F)c(F)c2)nc1CC. The molecule has 0 bridgehead atoms. The second-order valence-electron chi connectivity index (χ2n) is 4.59. The van der Waals surface area contributed by atoms with Crippen LogP contribution in [0.15, 0.2) is 18.2 Å². The standard InChI is InChI=1S/C15H18F2N4O/c1-3-13-14(4-2)20-21-15(19-13)18-7-8-22-10-5-6-11(16)12(17)9-10/h5-6,9H,3-4,7-8H2,1-2H3,(H,18,19,21). The number of nitrogens with zero attached hydrogens (tertiary/aromatic N) is 3. The zero-order valence-electron chi connectivity index (χ0n) is 12.6. The number of ether oxygens (including phenoxy) is 1. The maximum Gasteiger partial charge on any atom is 0.243 e. The normalized spacial score (nSPS) is 10.5. The van der Waals surface area contributed by atoms with Crippen LogP contribution in [0.5, 0.6) is 5.75 Å².